The zero-order valence-corrected chi connectivity index (χ0v) is 19.0. The van der Waals surface area contributed by atoms with Crippen LogP contribution in [-0.2, 0) is 0 Å². The van der Waals surface area contributed by atoms with Crippen LogP contribution in [0.15, 0.2) is 30.6 Å². The molecule has 0 spiro atoms. The molecule has 31 heavy (non-hydrogen) atoms. The van der Waals surface area contributed by atoms with Crippen molar-refractivity contribution in [1.29, 1.82) is 5.26 Å². The summed E-state index contributed by atoms with van der Waals surface area (Å²) in [6.07, 6.45) is 4.35. The standard InChI is InChI=1S/C23H28ClN5O2/c1-22(2)20(28-19(30)15-11-27-29(13-15)16-7-8-26-12-16)23(3,4)21(22)31-17-6-5-14(10-25)18(24)9-17/h5-6,9,11,13,16,20-21,26H,7-8,12H2,1-4H3,(H,28,30)/t16?,20-,21-. The van der Waals surface area contributed by atoms with Crippen LogP contribution >= 0.6 is 11.6 Å². The Morgan fingerprint density at radius 2 is 2.10 bits per heavy atom. The fourth-order valence-corrected chi connectivity index (χ4v) is 5.54. The van der Waals surface area contributed by atoms with Gasteiger partial charge in [-0.15, -0.1) is 0 Å². The number of hydrogen-bond acceptors (Lipinski definition) is 5. The second-order valence-electron chi connectivity index (χ2n) is 9.66. The molecule has 1 atom stereocenters. The topological polar surface area (TPSA) is 92.0 Å². The van der Waals surface area contributed by atoms with Crippen LogP contribution in [0.25, 0.3) is 0 Å². The number of nitriles is 1. The zero-order chi connectivity index (χ0) is 22.4. The van der Waals surface area contributed by atoms with Gasteiger partial charge in [-0.05, 0) is 25.1 Å². The average molecular weight is 442 g/mol. The Balaban J connectivity index is 1.45. The number of carbonyl (C=O) groups is 1. The lowest BCUT2D eigenvalue weighted by Crippen LogP contribution is -2.74. The highest BCUT2D eigenvalue weighted by Crippen LogP contribution is 2.55. The number of rotatable bonds is 5. The molecule has 4 rings (SSSR count). The van der Waals surface area contributed by atoms with E-state index in [1.165, 1.54) is 0 Å². The number of benzene rings is 1. The summed E-state index contributed by atoms with van der Waals surface area (Å²) in [5, 5.41) is 20.3. The number of hydrogen-bond donors (Lipinski definition) is 2. The van der Waals surface area contributed by atoms with Crippen molar-refractivity contribution in [2.75, 3.05) is 13.1 Å². The van der Waals surface area contributed by atoms with Gasteiger partial charge in [-0.3, -0.25) is 9.48 Å². The second kappa shape index (κ2) is 7.85. The largest absolute Gasteiger partial charge is 0.489 e. The number of nitrogens with zero attached hydrogens (tertiary/aromatic N) is 3. The summed E-state index contributed by atoms with van der Waals surface area (Å²) >= 11 is 6.16. The molecule has 1 saturated carbocycles. The summed E-state index contributed by atoms with van der Waals surface area (Å²) in [7, 11) is 0. The van der Waals surface area contributed by atoms with E-state index in [4.69, 9.17) is 21.6 Å². The van der Waals surface area contributed by atoms with E-state index in [1.54, 1.807) is 24.4 Å². The Hall–Kier alpha value is -2.56. The normalized spacial score (nSPS) is 26.0. The summed E-state index contributed by atoms with van der Waals surface area (Å²) in [6, 6.07) is 7.36. The molecule has 1 aromatic heterocycles. The van der Waals surface area contributed by atoms with E-state index in [0.717, 1.165) is 19.5 Å². The molecule has 1 aliphatic carbocycles. The first-order chi connectivity index (χ1) is 14.6. The smallest absolute Gasteiger partial charge is 0.254 e. The number of aromatic nitrogens is 2. The van der Waals surface area contributed by atoms with Gasteiger partial charge >= 0.3 is 0 Å². The van der Waals surface area contributed by atoms with Crippen molar-refractivity contribution in [1.82, 2.24) is 20.4 Å². The third-order valence-corrected chi connectivity index (χ3v) is 7.01. The van der Waals surface area contributed by atoms with Gasteiger partial charge in [-0.25, -0.2) is 0 Å². The number of halogens is 1. The third-order valence-electron chi connectivity index (χ3n) is 6.70. The van der Waals surface area contributed by atoms with Gasteiger partial charge in [-0.2, -0.15) is 10.4 Å². The van der Waals surface area contributed by atoms with Crippen LogP contribution in [0.1, 0.15) is 56.1 Å². The van der Waals surface area contributed by atoms with Crippen molar-refractivity contribution >= 4 is 17.5 Å². The van der Waals surface area contributed by atoms with Gasteiger partial charge in [0, 0.05) is 35.7 Å². The van der Waals surface area contributed by atoms with Crippen LogP contribution in [0.3, 0.4) is 0 Å². The monoisotopic (exact) mass is 441 g/mol. The highest BCUT2D eigenvalue weighted by atomic mass is 35.5. The second-order valence-corrected chi connectivity index (χ2v) is 10.1. The zero-order valence-electron chi connectivity index (χ0n) is 18.3. The minimum atomic E-state index is -0.301. The van der Waals surface area contributed by atoms with Crippen LogP contribution in [0.5, 0.6) is 5.75 Å². The molecule has 2 fully saturated rings. The molecule has 2 N–H and O–H groups in total. The summed E-state index contributed by atoms with van der Waals surface area (Å²) in [5.74, 6) is 0.495. The Bertz CT molecular complexity index is 1020. The summed E-state index contributed by atoms with van der Waals surface area (Å²) in [6.45, 7) is 10.2. The van der Waals surface area contributed by atoms with E-state index in [1.807, 2.05) is 10.9 Å². The molecule has 0 radical (unpaired) electrons. The van der Waals surface area contributed by atoms with Crippen molar-refractivity contribution in [2.45, 2.75) is 52.3 Å². The first-order valence-corrected chi connectivity index (χ1v) is 10.9. The Morgan fingerprint density at radius 1 is 1.35 bits per heavy atom. The molecule has 2 aliphatic rings. The molecule has 1 unspecified atom stereocenters. The molecule has 2 heterocycles. The van der Waals surface area contributed by atoms with Crippen LogP contribution in [0, 0.1) is 22.2 Å². The number of carbonyl (C=O) groups excluding carboxylic acids is 1. The lowest BCUT2D eigenvalue weighted by Gasteiger charge is -2.63. The van der Waals surface area contributed by atoms with E-state index in [0.29, 0.717) is 27.9 Å². The number of amides is 1. The number of nitrogens with one attached hydrogen (secondary N) is 2. The van der Waals surface area contributed by atoms with Crippen molar-refractivity contribution in [2.24, 2.45) is 10.8 Å². The van der Waals surface area contributed by atoms with Gasteiger partial charge in [0.1, 0.15) is 17.9 Å². The summed E-state index contributed by atoms with van der Waals surface area (Å²) in [5.41, 5.74) is 0.387. The molecule has 2 aromatic rings. The molecule has 0 bridgehead atoms. The highest BCUT2D eigenvalue weighted by Gasteiger charge is 2.64. The molecule has 1 amide bonds. The molecule has 164 valence electrons. The molecule has 1 saturated heterocycles. The molecule has 7 nitrogen and oxygen atoms in total. The van der Waals surface area contributed by atoms with E-state index in [-0.39, 0.29) is 28.9 Å². The highest BCUT2D eigenvalue weighted by molar-refractivity contribution is 6.31. The van der Waals surface area contributed by atoms with Gasteiger partial charge in [0.05, 0.1) is 28.4 Å². The Kier molecular flexibility index (Phi) is 5.48. The van der Waals surface area contributed by atoms with Crippen molar-refractivity contribution in [3.63, 3.8) is 0 Å². The Labute approximate surface area is 187 Å². The van der Waals surface area contributed by atoms with Crippen molar-refractivity contribution in [3.05, 3.63) is 46.7 Å². The first-order valence-electron chi connectivity index (χ1n) is 10.6. The Morgan fingerprint density at radius 3 is 2.71 bits per heavy atom. The third kappa shape index (κ3) is 3.79. The van der Waals surface area contributed by atoms with Gasteiger partial charge in [0.15, 0.2) is 0 Å². The van der Waals surface area contributed by atoms with E-state index in [2.05, 4.69) is 49.5 Å². The molecule has 8 heteroatoms. The fraction of sp³-hybridized carbons (Fsp3) is 0.522. The maximum absolute atomic E-state index is 13.0. The van der Waals surface area contributed by atoms with Gasteiger partial charge < -0.3 is 15.4 Å². The molecular weight excluding hydrogens is 414 g/mol. The van der Waals surface area contributed by atoms with Crippen molar-refractivity contribution in [3.8, 4) is 11.8 Å². The van der Waals surface area contributed by atoms with Crippen LogP contribution in [0.4, 0.5) is 0 Å². The quantitative estimate of drug-likeness (QED) is 0.740. The predicted octanol–water partition coefficient (Wildman–Crippen LogP) is 3.55. The predicted molar refractivity (Wildman–Crippen MR) is 118 cm³/mol. The molecular formula is C23H28ClN5O2. The van der Waals surface area contributed by atoms with Gasteiger partial charge in [-0.1, -0.05) is 39.3 Å². The molecule has 1 aliphatic heterocycles. The molecule has 1 aromatic carbocycles. The van der Waals surface area contributed by atoms with Crippen LogP contribution < -0.4 is 15.4 Å². The first kappa shape index (κ1) is 21.7. The minimum Gasteiger partial charge on any atom is -0.489 e. The van der Waals surface area contributed by atoms with E-state index in [9.17, 15) is 4.79 Å². The van der Waals surface area contributed by atoms with E-state index < -0.39 is 0 Å². The number of ether oxygens (including phenoxy) is 1. The summed E-state index contributed by atoms with van der Waals surface area (Å²) < 4.78 is 8.16. The fourth-order valence-electron chi connectivity index (χ4n) is 5.33. The van der Waals surface area contributed by atoms with Gasteiger partial charge in [0.2, 0.25) is 0 Å². The SMILES string of the molecule is CC1(C)[C@H](NC(=O)c2cnn(C3CCNC3)c2)C(C)(C)[C@H]1Oc1ccc(C#N)c(Cl)c1. The van der Waals surface area contributed by atoms with Crippen LogP contribution in [-0.4, -0.2) is 40.9 Å². The minimum absolute atomic E-state index is 0.0807. The lowest BCUT2D eigenvalue weighted by atomic mass is 9.49. The average Bonchev–Trinajstić information content (AvgIpc) is 3.41. The van der Waals surface area contributed by atoms with Crippen LogP contribution in [0.2, 0.25) is 5.02 Å². The lowest BCUT2D eigenvalue weighted by molar-refractivity contribution is -0.164. The summed E-state index contributed by atoms with van der Waals surface area (Å²) in [4.78, 5) is 13.0. The van der Waals surface area contributed by atoms with Gasteiger partial charge in [0.25, 0.3) is 5.91 Å². The maximum atomic E-state index is 13.0. The maximum Gasteiger partial charge on any atom is 0.254 e. The van der Waals surface area contributed by atoms with Crippen molar-refractivity contribution < 1.29 is 9.53 Å². The van der Waals surface area contributed by atoms with E-state index >= 15 is 0 Å².